The summed E-state index contributed by atoms with van der Waals surface area (Å²) in [5, 5.41) is 0. The highest BCUT2D eigenvalue weighted by Gasteiger charge is 2.44. The Bertz CT molecular complexity index is 803. The Kier molecular flexibility index (Phi) is 2.97. The third kappa shape index (κ3) is 2.03. The van der Waals surface area contributed by atoms with Crippen LogP contribution in [0.5, 0.6) is 0 Å². The van der Waals surface area contributed by atoms with E-state index in [0.717, 1.165) is 6.07 Å². The van der Waals surface area contributed by atoms with Crippen molar-refractivity contribution in [3.05, 3.63) is 53.9 Å². The van der Waals surface area contributed by atoms with Crippen molar-refractivity contribution < 1.29 is 14.0 Å². The Hall–Kier alpha value is -2.70. The number of hydrogen-bond acceptors (Lipinski definition) is 3. The number of nitrogens with zero attached hydrogens (tertiary/aromatic N) is 4. The average molecular weight is 314 g/mol. The molecule has 7 heteroatoms. The molecule has 0 bridgehead atoms. The number of likely N-dealkylation sites (N-methyl/N-ethyl adjacent to an activating group) is 1. The molecule has 0 spiro atoms. The molecule has 0 unspecified atom stereocenters. The fourth-order valence-electron chi connectivity index (χ4n) is 3.50. The van der Waals surface area contributed by atoms with E-state index in [-0.39, 0.29) is 29.5 Å². The highest BCUT2D eigenvalue weighted by atomic mass is 19.1. The van der Waals surface area contributed by atoms with Crippen LogP contribution in [0.15, 0.2) is 36.7 Å². The van der Waals surface area contributed by atoms with Gasteiger partial charge in [0.1, 0.15) is 5.69 Å². The number of amides is 2. The largest absolute Gasteiger partial charge is 0.337 e. The molecule has 0 aromatic carbocycles. The van der Waals surface area contributed by atoms with Gasteiger partial charge in [-0.15, -0.1) is 0 Å². The summed E-state index contributed by atoms with van der Waals surface area (Å²) in [5.74, 6) is -0.955. The van der Waals surface area contributed by atoms with Gasteiger partial charge in [0.15, 0.2) is 0 Å². The number of pyridine rings is 1. The second-order valence-electron chi connectivity index (χ2n) is 5.93. The molecule has 2 atom stereocenters. The van der Waals surface area contributed by atoms with Gasteiger partial charge in [0.2, 0.25) is 5.95 Å². The van der Waals surface area contributed by atoms with E-state index in [9.17, 15) is 14.0 Å². The maximum absolute atomic E-state index is 13.2. The summed E-state index contributed by atoms with van der Waals surface area (Å²) < 4.78 is 15.2. The number of hydrogen-bond donors (Lipinski definition) is 0. The van der Waals surface area contributed by atoms with Gasteiger partial charge >= 0.3 is 0 Å². The second-order valence-corrected chi connectivity index (χ2v) is 5.93. The van der Waals surface area contributed by atoms with E-state index in [4.69, 9.17) is 0 Å². The SMILES string of the molecule is CN1C(=O)c2cccn2[C@@H]2CN(C(=O)c3ccnc(F)c3)C[C@@H]21. The molecule has 2 aliphatic rings. The normalized spacial score (nSPS) is 23.0. The molecule has 2 aliphatic heterocycles. The van der Waals surface area contributed by atoms with Crippen LogP contribution in [-0.4, -0.2) is 57.3 Å². The first-order valence-electron chi connectivity index (χ1n) is 7.41. The molecule has 2 aromatic heterocycles. The molecule has 6 nitrogen and oxygen atoms in total. The van der Waals surface area contributed by atoms with Crippen LogP contribution in [-0.2, 0) is 0 Å². The Morgan fingerprint density at radius 3 is 2.87 bits per heavy atom. The van der Waals surface area contributed by atoms with Gasteiger partial charge in [0, 0.05) is 44.2 Å². The molecule has 4 heterocycles. The number of carbonyl (C=O) groups is 2. The monoisotopic (exact) mass is 314 g/mol. The van der Waals surface area contributed by atoms with Gasteiger partial charge in [-0.2, -0.15) is 4.39 Å². The standard InChI is InChI=1S/C16H15FN4O2/c1-19-12-8-20(15(22)10-4-5-18-14(17)7-10)9-13(12)21-6-2-3-11(21)16(19)23/h2-7,12-13H,8-9H2,1H3/t12-,13+/m0/s1. The quantitative estimate of drug-likeness (QED) is 0.743. The minimum atomic E-state index is -0.674. The van der Waals surface area contributed by atoms with Gasteiger partial charge in [-0.3, -0.25) is 9.59 Å². The molecular weight excluding hydrogens is 299 g/mol. The molecule has 0 N–H and O–H groups in total. The molecule has 2 amide bonds. The Morgan fingerprint density at radius 2 is 2.09 bits per heavy atom. The van der Waals surface area contributed by atoms with Crippen LogP contribution in [0, 0.1) is 5.95 Å². The van der Waals surface area contributed by atoms with Crippen molar-refractivity contribution in [1.29, 1.82) is 0 Å². The predicted molar refractivity (Wildman–Crippen MR) is 79.4 cm³/mol. The summed E-state index contributed by atoms with van der Waals surface area (Å²) in [7, 11) is 1.76. The summed E-state index contributed by atoms with van der Waals surface area (Å²) in [6.45, 7) is 0.931. The first kappa shape index (κ1) is 13.9. The third-order valence-electron chi connectivity index (χ3n) is 4.69. The molecule has 0 aliphatic carbocycles. The average Bonchev–Trinajstić information content (AvgIpc) is 3.18. The lowest BCUT2D eigenvalue weighted by Gasteiger charge is -2.35. The molecule has 23 heavy (non-hydrogen) atoms. The van der Waals surface area contributed by atoms with Crippen molar-refractivity contribution in [3.8, 4) is 0 Å². The van der Waals surface area contributed by atoms with E-state index >= 15 is 0 Å². The van der Waals surface area contributed by atoms with Crippen LogP contribution in [0.3, 0.4) is 0 Å². The fourth-order valence-corrected chi connectivity index (χ4v) is 3.50. The van der Waals surface area contributed by atoms with E-state index in [2.05, 4.69) is 4.98 Å². The first-order chi connectivity index (χ1) is 11.1. The lowest BCUT2D eigenvalue weighted by atomic mass is 10.1. The van der Waals surface area contributed by atoms with E-state index in [1.807, 2.05) is 16.8 Å². The molecule has 0 saturated carbocycles. The van der Waals surface area contributed by atoms with Crippen LogP contribution in [0.1, 0.15) is 26.9 Å². The molecular formula is C16H15FN4O2. The van der Waals surface area contributed by atoms with Crippen molar-refractivity contribution >= 4 is 11.8 Å². The molecule has 1 fully saturated rings. The van der Waals surface area contributed by atoms with Gasteiger partial charge < -0.3 is 14.4 Å². The summed E-state index contributed by atoms with van der Waals surface area (Å²) in [6, 6.07) is 6.23. The van der Waals surface area contributed by atoms with Crippen LogP contribution in [0.25, 0.3) is 0 Å². The van der Waals surface area contributed by atoms with Gasteiger partial charge in [0.25, 0.3) is 11.8 Å². The lowest BCUT2D eigenvalue weighted by molar-refractivity contribution is 0.0634. The van der Waals surface area contributed by atoms with Gasteiger partial charge in [-0.05, 0) is 18.2 Å². The van der Waals surface area contributed by atoms with Crippen molar-refractivity contribution in [2.24, 2.45) is 0 Å². The Labute approximate surface area is 132 Å². The number of likely N-dealkylation sites (tertiary alicyclic amines) is 1. The number of fused-ring (bicyclic) bond motifs is 3. The minimum Gasteiger partial charge on any atom is -0.337 e. The molecule has 4 rings (SSSR count). The van der Waals surface area contributed by atoms with Gasteiger partial charge in [0.05, 0.1) is 12.1 Å². The lowest BCUT2D eigenvalue weighted by Crippen LogP contribution is -2.48. The summed E-state index contributed by atoms with van der Waals surface area (Å²) in [4.78, 5) is 31.8. The zero-order valence-electron chi connectivity index (χ0n) is 12.5. The Balaban J connectivity index is 1.64. The van der Waals surface area contributed by atoms with E-state index < -0.39 is 5.95 Å². The highest BCUT2D eigenvalue weighted by molar-refractivity contribution is 5.96. The van der Waals surface area contributed by atoms with Crippen LogP contribution >= 0.6 is 0 Å². The number of aromatic nitrogens is 2. The highest BCUT2D eigenvalue weighted by Crippen LogP contribution is 2.33. The van der Waals surface area contributed by atoms with Crippen molar-refractivity contribution in [3.63, 3.8) is 0 Å². The van der Waals surface area contributed by atoms with Gasteiger partial charge in [-0.25, -0.2) is 4.98 Å². The third-order valence-corrected chi connectivity index (χ3v) is 4.69. The van der Waals surface area contributed by atoms with Crippen LogP contribution < -0.4 is 0 Å². The van der Waals surface area contributed by atoms with E-state index in [1.54, 1.807) is 22.9 Å². The number of carbonyl (C=O) groups excluding carboxylic acids is 2. The Morgan fingerprint density at radius 1 is 1.30 bits per heavy atom. The summed E-state index contributed by atoms with van der Waals surface area (Å²) in [5.41, 5.74) is 0.913. The maximum Gasteiger partial charge on any atom is 0.270 e. The maximum atomic E-state index is 13.2. The minimum absolute atomic E-state index is 0.0262. The summed E-state index contributed by atoms with van der Waals surface area (Å²) >= 11 is 0. The topological polar surface area (TPSA) is 58.4 Å². The van der Waals surface area contributed by atoms with E-state index in [0.29, 0.717) is 18.8 Å². The van der Waals surface area contributed by atoms with Crippen molar-refractivity contribution in [2.45, 2.75) is 12.1 Å². The number of rotatable bonds is 1. The first-order valence-corrected chi connectivity index (χ1v) is 7.41. The van der Waals surface area contributed by atoms with Crippen molar-refractivity contribution in [1.82, 2.24) is 19.4 Å². The fraction of sp³-hybridized carbons (Fsp3) is 0.312. The van der Waals surface area contributed by atoms with Crippen molar-refractivity contribution in [2.75, 3.05) is 20.1 Å². The molecule has 0 radical (unpaired) electrons. The summed E-state index contributed by atoms with van der Waals surface area (Å²) in [6.07, 6.45) is 3.16. The van der Waals surface area contributed by atoms with Gasteiger partial charge in [-0.1, -0.05) is 0 Å². The zero-order chi connectivity index (χ0) is 16.1. The van der Waals surface area contributed by atoms with Crippen LogP contribution in [0.4, 0.5) is 4.39 Å². The smallest absolute Gasteiger partial charge is 0.270 e. The molecule has 118 valence electrons. The zero-order valence-corrected chi connectivity index (χ0v) is 12.5. The van der Waals surface area contributed by atoms with E-state index in [1.165, 1.54) is 12.3 Å². The number of halogens is 1. The second kappa shape index (κ2) is 4.91. The molecule has 1 saturated heterocycles. The predicted octanol–water partition coefficient (Wildman–Crippen LogP) is 1.17. The molecule has 2 aromatic rings. The van der Waals surface area contributed by atoms with Crippen LogP contribution in [0.2, 0.25) is 0 Å².